The van der Waals surface area contributed by atoms with Gasteiger partial charge in [0.15, 0.2) is 0 Å². The number of carbonyl (C=O) groups is 1. The van der Waals surface area contributed by atoms with Crippen molar-refractivity contribution in [2.75, 3.05) is 7.05 Å². The lowest BCUT2D eigenvalue weighted by Crippen LogP contribution is -2.27. The van der Waals surface area contributed by atoms with Gasteiger partial charge in [-0.2, -0.15) is 26.3 Å². The predicted octanol–water partition coefficient (Wildman–Crippen LogP) is 8.08. The van der Waals surface area contributed by atoms with E-state index in [9.17, 15) is 31.1 Å². The van der Waals surface area contributed by atoms with Gasteiger partial charge in [0.25, 0.3) is 5.91 Å². The Balaban J connectivity index is 1.76. The third-order valence-corrected chi connectivity index (χ3v) is 6.23. The van der Waals surface area contributed by atoms with Crippen LogP contribution in [0.2, 0.25) is 5.02 Å². The van der Waals surface area contributed by atoms with Crippen LogP contribution in [0.4, 0.5) is 26.3 Å². The molecule has 4 aromatic rings. The molecule has 1 amide bonds. The van der Waals surface area contributed by atoms with Crippen LogP contribution in [0.3, 0.4) is 0 Å². The van der Waals surface area contributed by atoms with Gasteiger partial charge in [0, 0.05) is 47.8 Å². The fourth-order valence-electron chi connectivity index (χ4n) is 4.05. The Morgan fingerprint density at radius 2 is 1.51 bits per heavy atom. The van der Waals surface area contributed by atoms with Gasteiger partial charge in [-0.05, 0) is 60.5 Å². The molecule has 0 N–H and O–H groups in total. The highest BCUT2D eigenvalue weighted by molar-refractivity contribution is 6.33. The van der Waals surface area contributed by atoms with E-state index in [1.807, 2.05) is 6.92 Å². The fraction of sp³-hybridized carbons (Fsp3) is 0.179. The van der Waals surface area contributed by atoms with Crippen LogP contribution in [0.25, 0.3) is 22.4 Å². The van der Waals surface area contributed by atoms with Crippen LogP contribution in [-0.2, 0) is 18.9 Å². The van der Waals surface area contributed by atoms with E-state index in [0.717, 1.165) is 16.2 Å². The van der Waals surface area contributed by atoms with Gasteiger partial charge in [-0.3, -0.25) is 14.8 Å². The maximum atomic E-state index is 13.5. The lowest BCUT2D eigenvalue weighted by molar-refractivity contribution is -0.143. The highest BCUT2D eigenvalue weighted by atomic mass is 35.5. The Bertz CT molecular complexity index is 1500. The summed E-state index contributed by atoms with van der Waals surface area (Å²) in [5, 5.41) is 0.338. The van der Waals surface area contributed by atoms with Crippen LogP contribution < -0.4 is 0 Å². The van der Waals surface area contributed by atoms with Gasteiger partial charge in [-0.25, -0.2) is 0 Å². The van der Waals surface area contributed by atoms with Gasteiger partial charge in [-0.1, -0.05) is 29.8 Å². The zero-order chi connectivity index (χ0) is 28.5. The largest absolute Gasteiger partial charge is 0.416 e. The molecule has 0 spiro atoms. The summed E-state index contributed by atoms with van der Waals surface area (Å²) in [5.74, 6) is -0.666. The molecule has 4 nitrogen and oxygen atoms in total. The van der Waals surface area contributed by atoms with Crippen molar-refractivity contribution in [3.8, 4) is 22.4 Å². The summed E-state index contributed by atoms with van der Waals surface area (Å²) in [6.07, 6.45) is -7.07. The molecular formula is C28H20ClF6N3O. The zero-order valence-corrected chi connectivity index (χ0v) is 21.3. The van der Waals surface area contributed by atoms with E-state index in [-0.39, 0.29) is 17.2 Å². The van der Waals surface area contributed by atoms with Gasteiger partial charge in [-0.15, -0.1) is 0 Å². The normalized spacial score (nSPS) is 11.9. The number of carbonyl (C=O) groups excluding carboxylic acids is 1. The van der Waals surface area contributed by atoms with Crippen LogP contribution in [0, 0.1) is 6.92 Å². The molecule has 0 aliphatic heterocycles. The maximum Gasteiger partial charge on any atom is 0.416 e. The number of aryl methyl sites for hydroxylation is 1. The molecule has 202 valence electrons. The number of amides is 1. The molecule has 39 heavy (non-hydrogen) atoms. The summed E-state index contributed by atoms with van der Waals surface area (Å²) in [7, 11) is 1.28. The smallest absolute Gasteiger partial charge is 0.337 e. The van der Waals surface area contributed by atoms with Crippen molar-refractivity contribution in [3.63, 3.8) is 0 Å². The number of aromatic nitrogens is 2. The third-order valence-electron chi connectivity index (χ3n) is 5.90. The topological polar surface area (TPSA) is 46.1 Å². The van der Waals surface area contributed by atoms with Gasteiger partial charge < -0.3 is 4.90 Å². The molecule has 0 aliphatic rings. The van der Waals surface area contributed by atoms with Gasteiger partial charge in [0.2, 0.25) is 0 Å². The molecule has 0 aliphatic carbocycles. The SMILES string of the molecule is Cc1cc(-c2cc(-c3ccccc3Cl)c(C(=O)N(C)Cc3cc(C(F)(F)F)cc(C(F)(F)F)c3)cn2)ccn1. The van der Waals surface area contributed by atoms with Crippen LogP contribution in [0.5, 0.6) is 0 Å². The maximum absolute atomic E-state index is 13.5. The number of rotatable bonds is 5. The Kier molecular flexibility index (Phi) is 7.70. The van der Waals surface area contributed by atoms with E-state index in [1.54, 1.807) is 48.7 Å². The van der Waals surface area contributed by atoms with Crippen molar-refractivity contribution in [2.45, 2.75) is 25.8 Å². The van der Waals surface area contributed by atoms with E-state index in [2.05, 4.69) is 9.97 Å². The molecule has 4 rings (SSSR count). The standard InChI is InChI=1S/C28H20ClF6N3O/c1-16-9-18(7-8-36-16)25-13-22(21-5-3-4-6-24(21)29)23(14-37-25)26(39)38(2)15-17-10-19(27(30,31)32)12-20(11-17)28(33,34)35/h3-14H,15H2,1-2H3. The highest BCUT2D eigenvalue weighted by Crippen LogP contribution is 2.37. The Morgan fingerprint density at radius 1 is 0.872 bits per heavy atom. The quantitative estimate of drug-likeness (QED) is 0.231. The number of halogens is 7. The van der Waals surface area contributed by atoms with E-state index >= 15 is 0 Å². The van der Waals surface area contributed by atoms with Crippen LogP contribution in [-0.4, -0.2) is 27.8 Å². The minimum absolute atomic E-state index is 0.0459. The molecule has 0 atom stereocenters. The first-order valence-electron chi connectivity index (χ1n) is 11.5. The van der Waals surface area contributed by atoms with E-state index in [0.29, 0.717) is 34.0 Å². The van der Waals surface area contributed by atoms with Crippen LogP contribution >= 0.6 is 11.6 Å². The summed E-state index contributed by atoms with van der Waals surface area (Å²) < 4.78 is 79.8. The van der Waals surface area contributed by atoms with Gasteiger partial charge >= 0.3 is 12.4 Å². The van der Waals surface area contributed by atoms with Crippen LogP contribution in [0.1, 0.15) is 32.7 Å². The molecule has 0 radical (unpaired) electrons. The van der Waals surface area contributed by atoms with E-state index < -0.39 is 35.9 Å². The second-order valence-corrected chi connectivity index (χ2v) is 9.26. The third kappa shape index (κ3) is 6.39. The van der Waals surface area contributed by atoms with Crippen LogP contribution in [0.15, 0.2) is 73.1 Å². The molecule has 11 heteroatoms. The lowest BCUT2D eigenvalue weighted by Gasteiger charge is -2.21. The Hall–Kier alpha value is -3.92. The molecular weight excluding hydrogens is 544 g/mol. The lowest BCUT2D eigenvalue weighted by atomic mass is 9.97. The van der Waals surface area contributed by atoms with Crippen molar-refractivity contribution in [3.05, 3.63) is 106 Å². The molecule has 0 unspecified atom stereocenters. The zero-order valence-electron chi connectivity index (χ0n) is 20.5. The summed E-state index contributed by atoms with van der Waals surface area (Å²) in [5.41, 5.74) is -0.276. The number of alkyl halides is 6. The highest BCUT2D eigenvalue weighted by Gasteiger charge is 2.37. The molecule has 2 heterocycles. The van der Waals surface area contributed by atoms with Gasteiger partial charge in [0.1, 0.15) is 0 Å². The number of nitrogens with zero attached hydrogens (tertiary/aromatic N) is 3. The van der Waals surface area contributed by atoms with Gasteiger partial charge in [0.05, 0.1) is 22.4 Å². The number of benzene rings is 2. The number of hydrogen-bond donors (Lipinski definition) is 0. The second kappa shape index (κ2) is 10.7. The first-order valence-corrected chi connectivity index (χ1v) is 11.8. The second-order valence-electron chi connectivity index (χ2n) is 8.86. The number of pyridine rings is 2. The summed E-state index contributed by atoms with van der Waals surface area (Å²) in [6, 6.07) is 13.2. The molecule has 0 fully saturated rings. The van der Waals surface area contributed by atoms with Crippen molar-refractivity contribution in [1.29, 1.82) is 0 Å². The predicted molar refractivity (Wildman–Crippen MR) is 135 cm³/mol. The molecule has 2 aromatic heterocycles. The summed E-state index contributed by atoms with van der Waals surface area (Å²) >= 11 is 6.42. The minimum atomic E-state index is -5.00. The monoisotopic (exact) mass is 563 g/mol. The first-order chi connectivity index (χ1) is 18.2. The summed E-state index contributed by atoms with van der Waals surface area (Å²) in [6.45, 7) is 1.29. The van der Waals surface area contributed by atoms with E-state index in [4.69, 9.17) is 11.6 Å². The van der Waals surface area contributed by atoms with Crippen molar-refractivity contribution in [2.24, 2.45) is 0 Å². The average Bonchev–Trinajstić information content (AvgIpc) is 2.87. The fourth-order valence-corrected chi connectivity index (χ4v) is 4.29. The summed E-state index contributed by atoms with van der Waals surface area (Å²) in [4.78, 5) is 23.1. The molecule has 0 bridgehead atoms. The van der Waals surface area contributed by atoms with Crippen molar-refractivity contribution < 1.29 is 31.1 Å². The van der Waals surface area contributed by atoms with Crippen molar-refractivity contribution >= 4 is 17.5 Å². The number of hydrogen-bond acceptors (Lipinski definition) is 3. The molecule has 2 aromatic carbocycles. The first kappa shape index (κ1) is 28.1. The Labute approximate surface area is 224 Å². The average molecular weight is 564 g/mol. The van der Waals surface area contributed by atoms with Crippen molar-refractivity contribution in [1.82, 2.24) is 14.9 Å². The molecule has 0 saturated heterocycles. The van der Waals surface area contributed by atoms with E-state index in [1.165, 1.54) is 13.2 Å². The Morgan fingerprint density at radius 3 is 2.10 bits per heavy atom. The minimum Gasteiger partial charge on any atom is -0.337 e. The molecule has 0 saturated carbocycles.